The average Bonchev–Trinajstić information content (AvgIpc) is 3.93. The Bertz CT molecular complexity index is 3350. The van der Waals surface area contributed by atoms with Crippen LogP contribution in [0.1, 0.15) is 11.3 Å². The summed E-state index contributed by atoms with van der Waals surface area (Å²) in [4.78, 5) is 8.49. The van der Waals surface area contributed by atoms with Crippen LogP contribution < -0.4 is 20.7 Å². The van der Waals surface area contributed by atoms with Crippen molar-refractivity contribution in [2.24, 2.45) is 4.99 Å². The van der Waals surface area contributed by atoms with Gasteiger partial charge in [-0.25, -0.2) is 0 Å². The number of aliphatic imine (C=N–C) groups is 1. The SMILES string of the molecule is C=N/C=C\c1c(C)c2cnccc2n1-c1ccc([Si](c2ccccc2)(c2ccccc2)c2ccc(-n3c4ccccc4c4cc5oc6ccccc6c5cc43)cc2)cc1. The molecule has 4 aromatic heterocycles. The second-order valence-electron chi connectivity index (χ2n) is 15.1. The molecule has 0 spiro atoms. The first-order valence-corrected chi connectivity index (χ1v) is 21.9. The smallest absolute Gasteiger partial charge is 0.179 e. The van der Waals surface area contributed by atoms with Crippen LogP contribution in [-0.2, 0) is 0 Å². The lowest BCUT2D eigenvalue weighted by atomic mass is 10.1. The number of benzene rings is 7. The van der Waals surface area contributed by atoms with Crippen LogP contribution in [-0.4, -0.2) is 28.9 Å². The van der Waals surface area contributed by atoms with Crippen LogP contribution in [0.25, 0.3) is 72.1 Å². The molecule has 0 unspecified atom stereocenters. The van der Waals surface area contributed by atoms with E-state index < -0.39 is 8.07 Å². The third kappa shape index (κ3) is 5.30. The quantitative estimate of drug-likeness (QED) is 0.0877. The first-order valence-electron chi connectivity index (χ1n) is 19.9. The summed E-state index contributed by atoms with van der Waals surface area (Å²) in [6, 6.07) is 64.4. The number of furan rings is 1. The maximum atomic E-state index is 6.36. The molecule has 0 aliphatic heterocycles. The summed E-state index contributed by atoms with van der Waals surface area (Å²) in [6.07, 6.45) is 7.59. The molecule has 59 heavy (non-hydrogen) atoms. The summed E-state index contributed by atoms with van der Waals surface area (Å²) in [5.74, 6) is 0. The van der Waals surface area contributed by atoms with Gasteiger partial charge in [0.1, 0.15) is 11.2 Å². The Morgan fingerprint density at radius 1 is 0.525 bits per heavy atom. The zero-order chi connectivity index (χ0) is 39.5. The molecular weight excluding hydrogens is 737 g/mol. The molecule has 0 atom stereocenters. The van der Waals surface area contributed by atoms with Crippen molar-refractivity contribution < 1.29 is 4.42 Å². The lowest BCUT2D eigenvalue weighted by Gasteiger charge is -2.34. The summed E-state index contributed by atoms with van der Waals surface area (Å²) in [5, 5.41) is 11.0. The topological polar surface area (TPSA) is 48.2 Å². The van der Waals surface area contributed by atoms with E-state index in [4.69, 9.17) is 4.42 Å². The fourth-order valence-electron chi connectivity index (χ4n) is 9.47. The maximum Gasteiger partial charge on any atom is 0.179 e. The lowest BCUT2D eigenvalue weighted by Crippen LogP contribution is -2.74. The number of pyridine rings is 1. The summed E-state index contributed by atoms with van der Waals surface area (Å²) in [6.45, 7) is 5.84. The van der Waals surface area contributed by atoms with Crippen LogP contribution in [0, 0.1) is 6.92 Å². The van der Waals surface area contributed by atoms with Crippen molar-refractivity contribution in [1.82, 2.24) is 14.1 Å². The van der Waals surface area contributed by atoms with Crippen LogP contribution >= 0.6 is 0 Å². The van der Waals surface area contributed by atoms with Gasteiger partial charge in [-0.1, -0.05) is 121 Å². The number of rotatable bonds is 8. The van der Waals surface area contributed by atoms with Crippen molar-refractivity contribution in [2.75, 3.05) is 0 Å². The number of aryl methyl sites for hydroxylation is 1. The molecule has 0 N–H and O–H groups in total. The van der Waals surface area contributed by atoms with Gasteiger partial charge in [0, 0.05) is 56.9 Å². The number of hydrogen-bond donors (Lipinski definition) is 0. The molecule has 280 valence electrons. The molecule has 0 radical (unpaired) electrons. The Hall–Kier alpha value is -7.54. The predicted molar refractivity (Wildman–Crippen MR) is 250 cm³/mol. The molecule has 11 aromatic rings. The molecule has 0 saturated carbocycles. The highest BCUT2D eigenvalue weighted by molar-refractivity contribution is 7.19. The summed E-state index contributed by atoms with van der Waals surface area (Å²) in [5.41, 5.74) is 9.64. The minimum Gasteiger partial charge on any atom is -0.456 e. The summed E-state index contributed by atoms with van der Waals surface area (Å²) < 4.78 is 11.1. The average molecular weight is 775 g/mol. The Kier molecular flexibility index (Phi) is 8.13. The van der Waals surface area contributed by atoms with Gasteiger partial charge >= 0.3 is 0 Å². The van der Waals surface area contributed by atoms with E-state index in [1.807, 2.05) is 30.6 Å². The third-order valence-electron chi connectivity index (χ3n) is 12.1. The number of para-hydroxylation sites is 2. The normalized spacial score (nSPS) is 12.2. The van der Waals surface area contributed by atoms with Crippen molar-refractivity contribution in [3.8, 4) is 11.4 Å². The van der Waals surface area contributed by atoms with Crippen LogP contribution in [0.15, 0.2) is 204 Å². The van der Waals surface area contributed by atoms with Gasteiger partial charge in [0.25, 0.3) is 0 Å². The number of hydrogen-bond acceptors (Lipinski definition) is 3. The third-order valence-corrected chi connectivity index (χ3v) is 16.9. The highest BCUT2D eigenvalue weighted by atomic mass is 28.3. The van der Waals surface area contributed by atoms with Crippen LogP contribution in [0.5, 0.6) is 0 Å². The van der Waals surface area contributed by atoms with Crippen molar-refractivity contribution >= 4 is 96.3 Å². The van der Waals surface area contributed by atoms with Crippen LogP contribution in [0.2, 0.25) is 0 Å². The summed E-state index contributed by atoms with van der Waals surface area (Å²) >= 11 is 0. The standard InChI is InChI=1S/C53H38N4OSi/c1-36-47-35-55-32-30-50(47)56(48(36)29-31-54-2)37-21-25-41(26-22-37)59(39-13-5-3-6-14-39,40-15-7-4-8-16-40)42-27-23-38(24-28-42)57-49-19-11-9-17-43(49)45-34-53-46(33-51(45)57)44-18-10-12-20-52(44)58-53/h3-35H,2H2,1H3/b31-29-. The fourth-order valence-corrected chi connectivity index (χ4v) is 14.2. The number of fused-ring (bicyclic) bond motifs is 7. The minimum absolute atomic E-state index is 0.905. The predicted octanol–water partition coefficient (Wildman–Crippen LogP) is 10.4. The molecule has 0 saturated heterocycles. The van der Waals surface area contributed by atoms with E-state index in [1.165, 1.54) is 37.0 Å². The van der Waals surface area contributed by atoms with E-state index in [-0.39, 0.29) is 0 Å². The van der Waals surface area contributed by atoms with Gasteiger partial charge < -0.3 is 13.6 Å². The molecule has 7 aromatic carbocycles. The Balaban J connectivity index is 1.12. The van der Waals surface area contributed by atoms with Crippen LogP contribution in [0.3, 0.4) is 0 Å². The highest BCUT2D eigenvalue weighted by Crippen LogP contribution is 2.38. The van der Waals surface area contributed by atoms with E-state index in [9.17, 15) is 0 Å². The van der Waals surface area contributed by atoms with E-state index in [0.717, 1.165) is 61.0 Å². The van der Waals surface area contributed by atoms with Gasteiger partial charge in [-0.2, -0.15) is 0 Å². The first kappa shape index (κ1) is 34.7. The minimum atomic E-state index is -2.86. The van der Waals surface area contributed by atoms with Crippen molar-refractivity contribution in [3.05, 3.63) is 206 Å². The molecule has 0 amide bonds. The fraction of sp³-hybridized carbons (Fsp3) is 0.0189. The molecule has 4 heterocycles. The molecule has 5 nitrogen and oxygen atoms in total. The maximum absolute atomic E-state index is 6.36. The van der Waals surface area contributed by atoms with Crippen LogP contribution in [0.4, 0.5) is 0 Å². The first-order chi connectivity index (χ1) is 29.1. The van der Waals surface area contributed by atoms with Crippen molar-refractivity contribution in [2.45, 2.75) is 6.92 Å². The van der Waals surface area contributed by atoms with E-state index in [2.05, 4.69) is 197 Å². The van der Waals surface area contributed by atoms with Gasteiger partial charge in [0.15, 0.2) is 8.07 Å². The zero-order valence-electron chi connectivity index (χ0n) is 32.5. The molecule has 0 bridgehead atoms. The van der Waals surface area contributed by atoms with E-state index in [0.29, 0.717) is 0 Å². The largest absolute Gasteiger partial charge is 0.456 e. The monoisotopic (exact) mass is 774 g/mol. The summed E-state index contributed by atoms with van der Waals surface area (Å²) in [7, 11) is -2.86. The van der Waals surface area contributed by atoms with E-state index in [1.54, 1.807) is 6.20 Å². The highest BCUT2D eigenvalue weighted by Gasteiger charge is 2.41. The molecule has 0 fully saturated rings. The Morgan fingerprint density at radius 3 is 1.78 bits per heavy atom. The number of nitrogens with zero attached hydrogens (tertiary/aromatic N) is 4. The van der Waals surface area contributed by atoms with Gasteiger partial charge in [-0.05, 0) is 101 Å². The van der Waals surface area contributed by atoms with Gasteiger partial charge in [-0.3, -0.25) is 9.98 Å². The van der Waals surface area contributed by atoms with Crippen molar-refractivity contribution in [3.63, 3.8) is 0 Å². The molecular formula is C53H38N4OSi. The second-order valence-corrected chi connectivity index (χ2v) is 18.9. The van der Waals surface area contributed by atoms with Gasteiger partial charge in [0.05, 0.1) is 22.2 Å². The van der Waals surface area contributed by atoms with Gasteiger partial charge in [0.2, 0.25) is 0 Å². The molecule has 11 rings (SSSR count). The Morgan fingerprint density at radius 2 is 1.10 bits per heavy atom. The second kappa shape index (κ2) is 13.8. The van der Waals surface area contributed by atoms with Crippen molar-refractivity contribution in [1.29, 1.82) is 0 Å². The molecule has 0 aliphatic rings. The van der Waals surface area contributed by atoms with Gasteiger partial charge in [-0.15, -0.1) is 0 Å². The van der Waals surface area contributed by atoms with E-state index >= 15 is 0 Å². The lowest BCUT2D eigenvalue weighted by molar-refractivity contribution is 0.669. The molecule has 6 heteroatoms. The zero-order valence-corrected chi connectivity index (χ0v) is 33.5. The molecule has 0 aliphatic carbocycles. The Labute approximate surface area is 342 Å². The number of aromatic nitrogens is 3.